The van der Waals surface area contributed by atoms with Gasteiger partial charge in [0, 0.05) is 30.4 Å². The maximum absolute atomic E-state index is 11.9. The monoisotopic (exact) mass is 476 g/mol. The van der Waals surface area contributed by atoms with Gasteiger partial charge in [-0.05, 0) is 25.7 Å². The molecule has 3 aliphatic rings. The first kappa shape index (κ1) is 26.8. The van der Waals surface area contributed by atoms with Gasteiger partial charge in [-0.3, -0.25) is 16.0 Å². The number of nitrogens with zero attached hydrogens (tertiary/aromatic N) is 1. The number of imide groups is 1. The van der Waals surface area contributed by atoms with Gasteiger partial charge < -0.3 is 25.6 Å². The smallest absolute Gasteiger partial charge is 0.356 e. The summed E-state index contributed by atoms with van der Waals surface area (Å²) in [5.74, 6) is -0.779. The molecule has 0 aromatic heterocycles. The molecule has 0 saturated carbocycles. The number of amides is 5. The van der Waals surface area contributed by atoms with Gasteiger partial charge in [-0.2, -0.15) is 11.8 Å². The SMILES string of the molecule is O=C(CCCCC1SC[C@@H]2NC(=O)N[C@H]12)NCCCCCC(=O)ON1C(=O)[CH-]CC1=O.[Na+]. The van der Waals surface area contributed by atoms with E-state index in [9.17, 15) is 24.0 Å². The van der Waals surface area contributed by atoms with Crippen LogP contribution in [0.25, 0.3) is 0 Å². The van der Waals surface area contributed by atoms with Crippen molar-refractivity contribution in [2.45, 2.75) is 75.1 Å². The van der Waals surface area contributed by atoms with Gasteiger partial charge in [0.05, 0.1) is 12.1 Å². The summed E-state index contributed by atoms with van der Waals surface area (Å²) in [6.07, 6.45) is 6.51. The fourth-order valence-corrected chi connectivity index (χ4v) is 5.41. The van der Waals surface area contributed by atoms with Gasteiger partial charge in [0.1, 0.15) is 5.91 Å². The average Bonchev–Trinajstić information content (AvgIpc) is 3.38. The van der Waals surface area contributed by atoms with E-state index in [4.69, 9.17) is 4.84 Å². The van der Waals surface area contributed by atoms with E-state index in [-0.39, 0.29) is 66.4 Å². The molecule has 5 amide bonds. The summed E-state index contributed by atoms with van der Waals surface area (Å²) in [5.41, 5.74) is 0. The van der Waals surface area contributed by atoms with Crippen molar-refractivity contribution in [3.8, 4) is 0 Å². The second kappa shape index (κ2) is 13.3. The average molecular weight is 477 g/mol. The largest absolute Gasteiger partial charge is 1.00 e. The van der Waals surface area contributed by atoms with Crippen LogP contribution < -0.4 is 45.5 Å². The maximum atomic E-state index is 11.9. The van der Waals surface area contributed by atoms with E-state index in [0.29, 0.717) is 29.7 Å². The molecule has 3 saturated heterocycles. The van der Waals surface area contributed by atoms with Crippen LogP contribution >= 0.6 is 11.8 Å². The van der Waals surface area contributed by atoms with Crippen LogP contribution in [-0.2, 0) is 24.0 Å². The zero-order valence-corrected chi connectivity index (χ0v) is 21.2. The summed E-state index contributed by atoms with van der Waals surface area (Å²) in [4.78, 5) is 62.4. The number of carbonyl (C=O) groups is 5. The Bertz CT molecular complexity index is 708. The van der Waals surface area contributed by atoms with Gasteiger partial charge in [-0.15, -0.1) is 5.06 Å². The Kier molecular flexibility index (Phi) is 11.2. The Hall–Kier alpha value is -1.43. The first-order chi connectivity index (χ1) is 14.9. The van der Waals surface area contributed by atoms with Crippen LogP contribution in [0.15, 0.2) is 0 Å². The molecule has 172 valence electrons. The van der Waals surface area contributed by atoms with E-state index in [2.05, 4.69) is 16.0 Å². The molecule has 0 radical (unpaired) electrons. The standard InChI is InChI=1S/C20H29N4O6S.Na/c25-15(7-4-3-6-14-19-13(12-31-14)22-20(29)23-19)21-11-5-1-2-8-18(28)30-24-16(26)9-10-17(24)27;/h9,13-14,19H,1-8,10-12H2,(H,21,25)(H2,22,23,29);/q-1;+1/t13-,14?,19-;/m0./s1. The van der Waals surface area contributed by atoms with Gasteiger partial charge in [0.2, 0.25) is 11.8 Å². The Morgan fingerprint density at radius 1 is 1.09 bits per heavy atom. The van der Waals surface area contributed by atoms with Gasteiger partial charge >= 0.3 is 41.6 Å². The van der Waals surface area contributed by atoms with Crippen LogP contribution in [0.2, 0.25) is 0 Å². The fourth-order valence-electron chi connectivity index (χ4n) is 3.87. The van der Waals surface area contributed by atoms with Crippen molar-refractivity contribution < 1.29 is 58.4 Å². The molecule has 0 spiro atoms. The second-order valence-electron chi connectivity index (χ2n) is 7.93. The number of fused-ring (bicyclic) bond motifs is 1. The molecule has 10 nitrogen and oxygen atoms in total. The number of unbranched alkanes of at least 4 members (excludes halogenated alkanes) is 3. The van der Waals surface area contributed by atoms with Gasteiger partial charge in [0.15, 0.2) is 0 Å². The van der Waals surface area contributed by atoms with Crippen LogP contribution in [0.4, 0.5) is 4.79 Å². The van der Waals surface area contributed by atoms with Crippen LogP contribution in [0.1, 0.15) is 57.8 Å². The number of hydrogen-bond acceptors (Lipinski definition) is 7. The van der Waals surface area contributed by atoms with Crippen molar-refractivity contribution in [2.75, 3.05) is 12.3 Å². The molecule has 3 aliphatic heterocycles. The van der Waals surface area contributed by atoms with Crippen molar-refractivity contribution >= 4 is 41.5 Å². The number of hydrogen-bond donors (Lipinski definition) is 3. The summed E-state index contributed by atoms with van der Waals surface area (Å²) >= 11 is 1.88. The van der Waals surface area contributed by atoms with Gasteiger partial charge in [-0.1, -0.05) is 19.3 Å². The summed E-state index contributed by atoms with van der Waals surface area (Å²) in [5, 5.41) is 9.71. The van der Waals surface area contributed by atoms with E-state index < -0.39 is 17.8 Å². The second-order valence-corrected chi connectivity index (χ2v) is 9.20. The zero-order chi connectivity index (χ0) is 22.2. The number of hydroxylamine groups is 2. The van der Waals surface area contributed by atoms with Gasteiger partial charge in [-0.25, -0.2) is 9.59 Å². The van der Waals surface area contributed by atoms with Crippen LogP contribution in [0.5, 0.6) is 0 Å². The third-order valence-corrected chi connectivity index (χ3v) is 7.04. The molecule has 3 heterocycles. The molecule has 1 unspecified atom stereocenters. The maximum Gasteiger partial charge on any atom is 1.00 e. The summed E-state index contributed by atoms with van der Waals surface area (Å²) < 4.78 is 0. The zero-order valence-electron chi connectivity index (χ0n) is 18.4. The summed E-state index contributed by atoms with van der Waals surface area (Å²) in [6.45, 7) is 0.547. The fraction of sp³-hybridized carbons (Fsp3) is 0.700. The molecular weight excluding hydrogens is 447 g/mol. The molecule has 0 bridgehead atoms. The molecular formula is C20H29N4NaO6S. The minimum atomic E-state index is -0.610. The van der Waals surface area contributed by atoms with Crippen molar-refractivity contribution in [3.05, 3.63) is 6.42 Å². The molecule has 12 heteroatoms. The number of nitrogens with one attached hydrogen (secondary N) is 3. The molecule has 3 fully saturated rings. The molecule has 0 aromatic carbocycles. The van der Waals surface area contributed by atoms with Crippen molar-refractivity contribution in [1.82, 2.24) is 21.0 Å². The van der Waals surface area contributed by atoms with Gasteiger partial charge in [0.25, 0.3) is 0 Å². The number of urea groups is 1. The first-order valence-corrected chi connectivity index (χ1v) is 11.8. The number of carbonyl (C=O) groups excluding carboxylic acids is 5. The van der Waals surface area contributed by atoms with Crippen LogP contribution in [0.3, 0.4) is 0 Å². The third-order valence-electron chi connectivity index (χ3n) is 5.53. The first-order valence-electron chi connectivity index (χ1n) is 10.8. The minimum absolute atomic E-state index is 0. The molecule has 0 aromatic rings. The topological polar surface area (TPSA) is 134 Å². The molecule has 32 heavy (non-hydrogen) atoms. The van der Waals surface area contributed by atoms with E-state index in [1.165, 1.54) is 6.42 Å². The Balaban J connectivity index is 0.00000363. The summed E-state index contributed by atoms with van der Waals surface area (Å²) in [6, 6.07) is 0.363. The number of thioether (sulfide) groups is 1. The summed E-state index contributed by atoms with van der Waals surface area (Å²) in [7, 11) is 0. The molecule has 3 rings (SSSR count). The third kappa shape index (κ3) is 7.86. The van der Waals surface area contributed by atoms with Crippen molar-refractivity contribution in [3.63, 3.8) is 0 Å². The predicted octanol–water partition coefficient (Wildman–Crippen LogP) is -2.19. The normalized spacial score (nSPS) is 23.7. The quantitative estimate of drug-likeness (QED) is 0.0958. The number of rotatable bonds is 12. The van der Waals surface area contributed by atoms with Crippen molar-refractivity contribution in [1.29, 1.82) is 0 Å². The Morgan fingerprint density at radius 2 is 1.88 bits per heavy atom. The molecule has 0 aliphatic carbocycles. The predicted molar refractivity (Wildman–Crippen MR) is 112 cm³/mol. The Morgan fingerprint density at radius 3 is 2.62 bits per heavy atom. The minimum Gasteiger partial charge on any atom is -0.356 e. The van der Waals surface area contributed by atoms with Crippen molar-refractivity contribution in [2.24, 2.45) is 0 Å². The van der Waals surface area contributed by atoms with Crippen LogP contribution in [-0.4, -0.2) is 64.4 Å². The van der Waals surface area contributed by atoms with E-state index in [0.717, 1.165) is 37.9 Å². The molecule has 3 atom stereocenters. The van der Waals surface area contributed by atoms with Crippen LogP contribution in [0, 0.1) is 6.42 Å². The van der Waals surface area contributed by atoms with E-state index >= 15 is 0 Å². The van der Waals surface area contributed by atoms with E-state index in [1.54, 1.807) is 0 Å². The Labute approximate surface area is 213 Å². The van der Waals surface area contributed by atoms with E-state index in [1.807, 2.05) is 11.8 Å². The molecule has 3 N–H and O–H groups in total.